The molecule has 1 heterocycles. The third-order valence-electron chi connectivity index (χ3n) is 14.8. The maximum Gasteiger partial charge on any atom is 0.328 e. The van der Waals surface area contributed by atoms with Crippen LogP contribution in [0.3, 0.4) is 0 Å². The third kappa shape index (κ3) is 27.1. The number of aromatic nitrogens is 1. The quantitative estimate of drug-likeness (QED) is 0.0142. The number of H-pyrrole nitrogens is 1. The van der Waals surface area contributed by atoms with Gasteiger partial charge in [-0.3, -0.25) is 67.3 Å². The first kappa shape index (κ1) is 78.9. The number of para-hydroxylation sites is 1. The summed E-state index contributed by atoms with van der Waals surface area (Å²) in [6.45, 7) is 5.94. The van der Waals surface area contributed by atoms with Crippen LogP contribution in [0.4, 0.5) is 0 Å². The van der Waals surface area contributed by atoms with E-state index in [1.165, 1.54) is 13.8 Å². The molecule has 522 valence electrons. The summed E-state index contributed by atoms with van der Waals surface area (Å²) in [6, 6.07) is -2.58. The second-order valence-corrected chi connectivity index (χ2v) is 23.1. The Bertz CT molecular complexity index is 3210. The van der Waals surface area contributed by atoms with Crippen LogP contribution in [0, 0.1) is 11.8 Å². The number of aliphatic carboxylic acids is 1. The molecule has 26 N–H and O–H groups in total. The highest BCUT2D eigenvalue weighted by Crippen LogP contribution is 2.20. The molecule has 13 amide bonds. The highest BCUT2D eigenvalue weighted by Gasteiger charge is 2.38. The molecule has 0 spiro atoms. The van der Waals surface area contributed by atoms with Crippen molar-refractivity contribution in [1.29, 1.82) is 0 Å². The number of aliphatic imine (C=N–C) groups is 1. The number of guanidine groups is 1. The van der Waals surface area contributed by atoms with Crippen molar-refractivity contribution < 1.29 is 82.4 Å². The van der Waals surface area contributed by atoms with Gasteiger partial charge in [-0.25, -0.2) is 4.79 Å². The summed E-state index contributed by atoms with van der Waals surface area (Å²) in [6.07, 6.45) is -1.35. The van der Waals surface area contributed by atoms with E-state index in [-0.39, 0.29) is 50.5 Å². The zero-order valence-electron chi connectivity index (χ0n) is 53.4. The molecule has 3 rings (SSSR count). The summed E-state index contributed by atoms with van der Waals surface area (Å²) >= 11 is 0. The van der Waals surface area contributed by atoms with Gasteiger partial charge in [-0.05, 0) is 61.6 Å². The number of carbonyl (C=O) groups excluding carboxylic acids is 13. The Kier molecular flexibility index (Phi) is 32.7. The van der Waals surface area contributed by atoms with Crippen molar-refractivity contribution in [2.45, 2.75) is 165 Å². The van der Waals surface area contributed by atoms with Gasteiger partial charge in [0.1, 0.15) is 60.4 Å². The van der Waals surface area contributed by atoms with Gasteiger partial charge in [0.2, 0.25) is 76.8 Å². The number of amides is 13. The molecule has 95 heavy (non-hydrogen) atoms. The second-order valence-electron chi connectivity index (χ2n) is 23.1. The first-order valence-electron chi connectivity index (χ1n) is 30.5. The van der Waals surface area contributed by atoms with Crippen molar-refractivity contribution in [2.24, 2.45) is 51.2 Å². The molecule has 0 saturated carbocycles. The lowest BCUT2D eigenvalue weighted by atomic mass is 9.96. The van der Waals surface area contributed by atoms with Gasteiger partial charge in [-0.15, -0.1) is 0 Å². The van der Waals surface area contributed by atoms with Crippen LogP contribution < -0.4 is 87.6 Å². The van der Waals surface area contributed by atoms with Crippen LogP contribution in [0.15, 0.2) is 65.8 Å². The normalized spacial score (nSPS) is 14.9. The fraction of sp³-hybridized carbons (Fsp3) is 0.517. The van der Waals surface area contributed by atoms with Crippen LogP contribution in [0.2, 0.25) is 0 Å². The minimum absolute atomic E-state index is 0.0240. The monoisotopic (exact) mass is 1330 g/mol. The summed E-state index contributed by atoms with van der Waals surface area (Å²) in [4.78, 5) is 195. The van der Waals surface area contributed by atoms with Crippen molar-refractivity contribution in [1.82, 2.24) is 58.2 Å². The van der Waals surface area contributed by atoms with Crippen LogP contribution in [-0.2, 0) is 80.0 Å². The largest absolute Gasteiger partial charge is 0.480 e. The molecule has 3 aromatic rings. The number of nitrogens with two attached hydrogens (primary N) is 6. The number of rotatable bonds is 42. The number of carbonyl (C=O) groups is 14. The maximum absolute atomic E-state index is 14.8. The summed E-state index contributed by atoms with van der Waals surface area (Å²) < 4.78 is 0. The van der Waals surface area contributed by atoms with E-state index in [4.69, 9.17) is 34.4 Å². The van der Waals surface area contributed by atoms with Crippen molar-refractivity contribution in [3.05, 3.63) is 71.9 Å². The zero-order chi connectivity index (χ0) is 71.2. The average molecular weight is 1340 g/mol. The molecular weight excluding hydrogens is 1240 g/mol. The van der Waals surface area contributed by atoms with E-state index in [9.17, 15) is 82.4 Å². The van der Waals surface area contributed by atoms with Gasteiger partial charge >= 0.3 is 5.97 Å². The number of aromatic amines is 1. The fourth-order valence-corrected chi connectivity index (χ4v) is 9.43. The highest BCUT2D eigenvalue weighted by atomic mass is 16.4. The van der Waals surface area contributed by atoms with E-state index in [1.807, 2.05) is 0 Å². The number of benzene rings is 2. The van der Waals surface area contributed by atoms with Crippen LogP contribution >= 0.6 is 0 Å². The predicted molar refractivity (Wildman–Crippen MR) is 342 cm³/mol. The fourth-order valence-electron chi connectivity index (χ4n) is 9.43. The number of hydrogen-bond acceptors (Lipinski definition) is 18. The number of aliphatic hydroxyl groups excluding tert-OH is 2. The number of primary amides is 3. The van der Waals surface area contributed by atoms with E-state index in [2.05, 4.69) is 63.1 Å². The topological polar surface area (TPSA) is 604 Å². The van der Waals surface area contributed by atoms with Crippen LogP contribution in [-0.4, -0.2) is 195 Å². The molecule has 0 radical (unpaired) electrons. The molecule has 35 heteroatoms. The van der Waals surface area contributed by atoms with Crippen molar-refractivity contribution in [2.75, 3.05) is 19.8 Å². The molecule has 0 unspecified atom stereocenters. The molecular formula is C60H90N18O17. The van der Waals surface area contributed by atoms with Gasteiger partial charge in [0, 0.05) is 42.9 Å². The molecule has 0 bridgehead atoms. The van der Waals surface area contributed by atoms with Gasteiger partial charge in [0.15, 0.2) is 5.96 Å². The number of nitrogens with one attached hydrogen (secondary N) is 11. The number of nitrogens with zero attached hydrogens (tertiary/aromatic N) is 1. The number of aliphatic hydroxyl groups is 2. The van der Waals surface area contributed by atoms with Gasteiger partial charge in [-0.2, -0.15) is 0 Å². The molecule has 35 nitrogen and oxygen atoms in total. The summed E-state index contributed by atoms with van der Waals surface area (Å²) in [5.74, 6) is -16.7. The SMILES string of the molecule is CC[C@H](C)[C@H](NC(=O)[C@H](CC(N)=O)NC(=O)[C@H](CCC(N)=O)NC(=O)[C@H](CO)NC(=O)[C@H](C)NC(=O)[C@@H](N)CCCN=C(N)N)C(=O)N[C@@H](CC(N)=O)C(=O)N[C@@H](Cc1ccccc1)C(=O)N[C@@H](Cc1c[nH]c2ccccc12)C(=O)N[C@@H](CC(C)C)C(=O)N[C@@H](CO)C(=O)O. The van der Waals surface area contributed by atoms with Crippen LogP contribution in [0.5, 0.6) is 0 Å². The molecule has 2 aromatic carbocycles. The lowest BCUT2D eigenvalue weighted by molar-refractivity contribution is -0.143. The number of carboxylic acids is 1. The maximum atomic E-state index is 14.8. The van der Waals surface area contributed by atoms with Gasteiger partial charge in [-0.1, -0.05) is 82.6 Å². The highest BCUT2D eigenvalue weighted by molar-refractivity contribution is 6.01. The molecule has 0 aliphatic rings. The van der Waals surface area contributed by atoms with Crippen LogP contribution in [0.1, 0.15) is 97.1 Å². The van der Waals surface area contributed by atoms with Crippen molar-refractivity contribution in [3.63, 3.8) is 0 Å². The Morgan fingerprint density at radius 1 is 0.505 bits per heavy atom. The predicted octanol–water partition coefficient (Wildman–Crippen LogP) is -6.62. The first-order valence-corrected chi connectivity index (χ1v) is 30.5. The number of fused-ring (bicyclic) bond motifs is 1. The van der Waals surface area contributed by atoms with Gasteiger partial charge in [0.05, 0.1) is 32.1 Å². The zero-order valence-corrected chi connectivity index (χ0v) is 53.4. The molecule has 1 aromatic heterocycles. The Morgan fingerprint density at radius 2 is 0.979 bits per heavy atom. The molecule has 0 aliphatic heterocycles. The van der Waals surface area contributed by atoms with E-state index >= 15 is 0 Å². The molecule has 0 saturated heterocycles. The van der Waals surface area contributed by atoms with Gasteiger partial charge < -0.3 is 108 Å². The summed E-state index contributed by atoms with van der Waals surface area (Å²) in [5, 5.41) is 53.9. The summed E-state index contributed by atoms with van der Waals surface area (Å²) in [7, 11) is 0. The van der Waals surface area contributed by atoms with E-state index < -0.39 is 194 Å². The van der Waals surface area contributed by atoms with Crippen molar-refractivity contribution in [3.8, 4) is 0 Å². The van der Waals surface area contributed by atoms with Crippen LogP contribution in [0.25, 0.3) is 10.9 Å². The minimum Gasteiger partial charge on any atom is -0.480 e. The van der Waals surface area contributed by atoms with E-state index in [0.717, 1.165) is 0 Å². The third-order valence-corrected chi connectivity index (χ3v) is 14.8. The average Bonchev–Trinajstić information content (AvgIpc) is 1.75. The lowest BCUT2D eigenvalue weighted by Crippen LogP contribution is -2.62. The van der Waals surface area contributed by atoms with Crippen molar-refractivity contribution >= 4 is 99.6 Å². The summed E-state index contributed by atoms with van der Waals surface area (Å²) in [5.41, 5.74) is 34.6. The smallest absolute Gasteiger partial charge is 0.328 e. The Labute approximate surface area is 546 Å². The minimum atomic E-state index is -1.94. The molecule has 12 atom stereocenters. The Morgan fingerprint density at radius 3 is 1.53 bits per heavy atom. The molecule has 0 aliphatic carbocycles. The lowest BCUT2D eigenvalue weighted by Gasteiger charge is -2.29. The first-order chi connectivity index (χ1) is 44.8. The van der Waals surface area contributed by atoms with E-state index in [0.29, 0.717) is 28.5 Å². The standard InChI is InChI=1S/C60H90N18O17/c1-6-30(4)48(78-56(91)42(25-47(64)83)74-51(86)37(18-19-45(62)81)70-57(92)43(27-79)76-49(84)31(5)69-50(85)35(61)16-12-20-67-60(65)66)58(93)75-41(24-46(63)82)55(90)72-39(22-32-13-8-7-9-14-32)53(88)73-40(23-33-26-68-36-17-11-10-15-34(33)36)54(89)71-38(21-29(2)3)52(87)77-44(28-80)59(94)95/h7-11,13-15,17,26,29-31,35,37-44,48,68,79-80H,6,12,16,18-25,27-28,61H2,1-5H3,(H2,62,81)(H2,63,82)(H2,64,83)(H,69,85)(H,70,92)(H,71,89)(H,72,90)(H,73,88)(H,74,86)(H,75,93)(H,76,84)(H,77,87)(H,78,91)(H,94,95)(H4,65,66,67)/t30-,31-,35-,37-,38-,39-,40-,41-,42-,43-,44-,48-/m0/s1. The van der Waals surface area contributed by atoms with Gasteiger partial charge in [0.25, 0.3) is 0 Å². The van der Waals surface area contributed by atoms with E-state index in [1.54, 1.807) is 81.6 Å². The number of hydrogen-bond donors (Lipinski definition) is 20. The number of carboxylic acid groups (broad SMARTS) is 1. The molecule has 0 fully saturated rings. The Hall–Kier alpha value is -10.3. The Balaban J connectivity index is 1.95. The second kappa shape index (κ2) is 39.3.